The van der Waals surface area contributed by atoms with Gasteiger partial charge in [0.1, 0.15) is 5.82 Å². The minimum absolute atomic E-state index is 0.0873. The molecule has 1 atom stereocenters. The number of ether oxygens (including phenoxy) is 2. The number of hydrogen-bond donors (Lipinski definition) is 1. The Kier molecular flexibility index (Phi) is 6.11. The molecule has 25 heavy (non-hydrogen) atoms. The van der Waals surface area contributed by atoms with E-state index in [-0.39, 0.29) is 30.2 Å². The first kappa shape index (κ1) is 18.4. The van der Waals surface area contributed by atoms with E-state index in [0.29, 0.717) is 17.1 Å². The predicted octanol–water partition coefficient (Wildman–Crippen LogP) is 3.29. The number of methoxy groups -OCH3 is 1. The van der Waals surface area contributed by atoms with Crippen LogP contribution in [0.2, 0.25) is 0 Å². The SMILES string of the molecule is COc1cc(C(C)=O)ccc1OCC(=O)NC(C)c1ccc(F)cc1. The number of rotatable bonds is 7. The second kappa shape index (κ2) is 8.28. The van der Waals surface area contributed by atoms with E-state index in [1.165, 1.54) is 26.2 Å². The normalized spacial score (nSPS) is 11.5. The third-order valence-corrected chi connectivity index (χ3v) is 3.68. The molecule has 0 heterocycles. The van der Waals surface area contributed by atoms with E-state index in [1.807, 2.05) is 0 Å². The zero-order chi connectivity index (χ0) is 18.4. The summed E-state index contributed by atoms with van der Waals surface area (Å²) in [7, 11) is 1.46. The first-order valence-electron chi connectivity index (χ1n) is 7.77. The highest BCUT2D eigenvalue weighted by atomic mass is 19.1. The van der Waals surface area contributed by atoms with Crippen molar-refractivity contribution < 1.29 is 23.5 Å². The lowest BCUT2D eigenvalue weighted by Crippen LogP contribution is -2.31. The molecule has 0 spiro atoms. The van der Waals surface area contributed by atoms with E-state index in [4.69, 9.17) is 9.47 Å². The summed E-state index contributed by atoms with van der Waals surface area (Å²) in [5.74, 6) is 0.0149. The summed E-state index contributed by atoms with van der Waals surface area (Å²) in [4.78, 5) is 23.4. The van der Waals surface area contributed by atoms with Gasteiger partial charge in [0.05, 0.1) is 13.2 Å². The molecule has 0 fully saturated rings. The molecule has 5 nitrogen and oxygen atoms in total. The van der Waals surface area contributed by atoms with Crippen molar-refractivity contribution in [2.24, 2.45) is 0 Å². The smallest absolute Gasteiger partial charge is 0.258 e. The summed E-state index contributed by atoms with van der Waals surface area (Å²) >= 11 is 0. The molecule has 0 saturated heterocycles. The van der Waals surface area contributed by atoms with Gasteiger partial charge >= 0.3 is 0 Å². The van der Waals surface area contributed by atoms with Crippen LogP contribution in [-0.4, -0.2) is 25.4 Å². The van der Waals surface area contributed by atoms with Crippen molar-refractivity contribution >= 4 is 11.7 Å². The molecule has 0 saturated carbocycles. The van der Waals surface area contributed by atoms with Crippen LogP contribution in [0, 0.1) is 5.82 Å². The molecule has 0 aliphatic rings. The van der Waals surface area contributed by atoms with E-state index in [0.717, 1.165) is 5.56 Å². The molecular weight excluding hydrogens is 325 g/mol. The van der Waals surface area contributed by atoms with Crippen molar-refractivity contribution in [2.45, 2.75) is 19.9 Å². The van der Waals surface area contributed by atoms with E-state index in [2.05, 4.69) is 5.32 Å². The quantitative estimate of drug-likeness (QED) is 0.782. The lowest BCUT2D eigenvalue weighted by molar-refractivity contribution is -0.123. The van der Waals surface area contributed by atoms with Crippen LogP contribution in [0.25, 0.3) is 0 Å². The third-order valence-electron chi connectivity index (χ3n) is 3.68. The Morgan fingerprint density at radius 2 is 1.80 bits per heavy atom. The van der Waals surface area contributed by atoms with Gasteiger partial charge in [-0.1, -0.05) is 12.1 Å². The summed E-state index contributed by atoms with van der Waals surface area (Å²) in [6.45, 7) is 3.05. The fourth-order valence-electron chi connectivity index (χ4n) is 2.27. The Morgan fingerprint density at radius 1 is 1.12 bits per heavy atom. The summed E-state index contributed by atoms with van der Waals surface area (Å²) in [5.41, 5.74) is 1.29. The van der Waals surface area contributed by atoms with Crippen molar-refractivity contribution in [3.63, 3.8) is 0 Å². The zero-order valence-electron chi connectivity index (χ0n) is 14.3. The number of Topliss-reactive ketones (excluding diaryl/α,β-unsaturated/α-hetero) is 1. The minimum atomic E-state index is -0.327. The number of carbonyl (C=O) groups excluding carboxylic acids is 2. The number of amides is 1. The van der Waals surface area contributed by atoms with Gasteiger partial charge in [-0.05, 0) is 49.7 Å². The van der Waals surface area contributed by atoms with Gasteiger partial charge in [0.2, 0.25) is 0 Å². The van der Waals surface area contributed by atoms with Crippen molar-refractivity contribution in [1.29, 1.82) is 0 Å². The third kappa shape index (κ3) is 5.04. The van der Waals surface area contributed by atoms with Crippen LogP contribution < -0.4 is 14.8 Å². The number of benzene rings is 2. The maximum absolute atomic E-state index is 12.9. The predicted molar refractivity (Wildman–Crippen MR) is 91.5 cm³/mol. The maximum Gasteiger partial charge on any atom is 0.258 e. The van der Waals surface area contributed by atoms with Crippen molar-refractivity contribution in [3.8, 4) is 11.5 Å². The highest BCUT2D eigenvalue weighted by Crippen LogP contribution is 2.28. The Bertz CT molecular complexity index is 759. The van der Waals surface area contributed by atoms with E-state index in [1.54, 1.807) is 37.3 Å². The molecule has 0 aromatic heterocycles. The lowest BCUT2D eigenvalue weighted by atomic mass is 10.1. The highest BCUT2D eigenvalue weighted by Gasteiger charge is 2.13. The van der Waals surface area contributed by atoms with Crippen LogP contribution in [-0.2, 0) is 4.79 Å². The van der Waals surface area contributed by atoms with Gasteiger partial charge in [-0.2, -0.15) is 0 Å². The monoisotopic (exact) mass is 345 g/mol. The molecule has 0 radical (unpaired) electrons. The molecule has 1 N–H and O–H groups in total. The van der Waals surface area contributed by atoms with Crippen LogP contribution in [0.4, 0.5) is 4.39 Å². The fourth-order valence-corrected chi connectivity index (χ4v) is 2.27. The Morgan fingerprint density at radius 3 is 2.40 bits per heavy atom. The lowest BCUT2D eigenvalue weighted by Gasteiger charge is -2.15. The Labute approximate surface area is 145 Å². The van der Waals surface area contributed by atoms with Crippen molar-refractivity contribution in [3.05, 3.63) is 59.4 Å². The molecule has 0 bridgehead atoms. The molecule has 132 valence electrons. The summed E-state index contributed by atoms with van der Waals surface area (Å²) in [6, 6.07) is 10.4. The molecule has 1 amide bonds. The number of ketones is 1. The van der Waals surface area contributed by atoms with Gasteiger partial charge in [0.15, 0.2) is 23.9 Å². The molecular formula is C19H20FNO4. The van der Waals surface area contributed by atoms with Gasteiger partial charge < -0.3 is 14.8 Å². The van der Waals surface area contributed by atoms with Crippen LogP contribution in [0.5, 0.6) is 11.5 Å². The zero-order valence-corrected chi connectivity index (χ0v) is 14.3. The molecule has 0 aliphatic heterocycles. The molecule has 2 aromatic rings. The minimum Gasteiger partial charge on any atom is -0.493 e. The first-order chi connectivity index (χ1) is 11.9. The van der Waals surface area contributed by atoms with E-state index in [9.17, 15) is 14.0 Å². The van der Waals surface area contributed by atoms with Crippen LogP contribution in [0.3, 0.4) is 0 Å². The summed E-state index contributed by atoms with van der Waals surface area (Å²) < 4.78 is 23.6. The number of carbonyl (C=O) groups is 2. The van der Waals surface area contributed by atoms with Gasteiger partial charge in [0.25, 0.3) is 5.91 Å². The van der Waals surface area contributed by atoms with Gasteiger partial charge in [0, 0.05) is 5.56 Å². The van der Waals surface area contributed by atoms with Crippen molar-refractivity contribution in [1.82, 2.24) is 5.32 Å². The number of halogens is 1. The molecule has 6 heteroatoms. The van der Waals surface area contributed by atoms with Crippen LogP contribution in [0.15, 0.2) is 42.5 Å². The standard InChI is InChI=1S/C19H20FNO4/c1-12(14-4-7-16(20)8-5-14)21-19(23)11-25-17-9-6-15(13(2)22)10-18(17)24-3/h4-10,12H,11H2,1-3H3,(H,21,23). The second-order valence-corrected chi connectivity index (χ2v) is 5.55. The number of hydrogen-bond acceptors (Lipinski definition) is 4. The molecule has 1 unspecified atom stereocenters. The Balaban J connectivity index is 1.95. The van der Waals surface area contributed by atoms with Crippen LogP contribution in [0.1, 0.15) is 35.8 Å². The second-order valence-electron chi connectivity index (χ2n) is 5.55. The highest BCUT2D eigenvalue weighted by molar-refractivity contribution is 5.94. The van der Waals surface area contributed by atoms with Crippen molar-refractivity contribution in [2.75, 3.05) is 13.7 Å². The van der Waals surface area contributed by atoms with E-state index >= 15 is 0 Å². The average Bonchev–Trinajstić information content (AvgIpc) is 2.60. The maximum atomic E-state index is 12.9. The number of nitrogens with one attached hydrogen (secondary N) is 1. The van der Waals surface area contributed by atoms with Gasteiger partial charge in [-0.3, -0.25) is 9.59 Å². The topological polar surface area (TPSA) is 64.6 Å². The molecule has 2 rings (SSSR count). The fraction of sp³-hybridized carbons (Fsp3) is 0.263. The summed E-state index contributed by atoms with van der Waals surface area (Å²) in [5, 5.41) is 2.77. The molecule has 2 aromatic carbocycles. The summed E-state index contributed by atoms with van der Waals surface area (Å²) in [6.07, 6.45) is 0. The first-order valence-corrected chi connectivity index (χ1v) is 7.77. The van der Waals surface area contributed by atoms with Gasteiger partial charge in [-0.15, -0.1) is 0 Å². The Hall–Kier alpha value is -2.89. The molecule has 0 aliphatic carbocycles. The largest absolute Gasteiger partial charge is 0.493 e. The van der Waals surface area contributed by atoms with Gasteiger partial charge in [-0.25, -0.2) is 4.39 Å². The van der Waals surface area contributed by atoms with E-state index < -0.39 is 0 Å². The van der Waals surface area contributed by atoms with Crippen LogP contribution >= 0.6 is 0 Å². The average molecular weight is 345 g/mol.